The van der Waals surface area contributed by atoms with Gasteiger partial charge in [0.2, 0.25) is 5.91 Å². The Morgan fingerprint density at radius 2 is 1.81 bits per heavy atom. The molecule has 0 aliphatic heterocycles. The predicted octanol–water partition coefficient (Wildman–Crippen LogP) is 5.19. The second kappa shape index (κ2) is 10.7. The van der Waals surface area contributed by atoms with Crippen LogP contribution in [-0.4, -0.2) is 35.7 Å². The van der Waals surface area contributed by atoms with Crippen LogP contribution in [0.1, 0.15) is 61.5 Å². The Kier molecular flexibility index (Phi) is 7.02. The molecule has 2 aromatic heterocycles. The molecular formula is C28H30N6O2. The zero-order chi connectivity index (χ0) is 24.9. The molecule has 1 fully saturated rings. The molecule has 0 spiro atoms. The summed E-state index contributed by atoms with van der Waals surface area (Å²) in [7, 11) is 0. The van der Waals surface area contributed by atoms with Crippen molar-refractivity contribution in [2.24, 2.45) is 5.92 Å². The molecule has 0 amide bonds. The van der Waals surface area contributed by atoms with Gasteiger partial charge in [0.1, 0.15) is 0 Å². The number of carbonyl (C=O) groups is 1. The largest absolute Gasteiger partial charge is 0.335 e. The van der Waals surface area contributed by atoms with Gasteiger partial charge >= 0.3 is 5.69 Å². The average Bonchev–Trinajstić information content (AvgIpc) is 3.57. The second-order valence-corrected chi connectivity index (χ2v) is 9.27. The highest BCUT2D eigenvalue weighted by molar-refractivity contribution is 5.82. The van der Waals surface area contributed by atoms with Crippen LogP contribution in [0.3, 0.4) is 0 Å². The average molecular weight is 483 g/mol. The van der Waals surface area contributed by atoms with Gasteiger partial charge in [0, 0.05) is 17.7 Å². The van der Waals surface area contributed by atoms with Crippen LogP contribution in [0.4, 0.5) is 0 Å². The summed E-state index contributed by atoms with van der Waals surface area (Å²) in [5, 5.41) is 14.3. The standard InChI is InChI=1S/C28H30N6O2/c1-2-3-11-23-19-34(27(35)22-9-5-4-6-10-22)28(36)33(23)18-20-14-16-21(17-15-20)24-12-7-8-13-25(24)26-29-31-32-30-26/h3,7-8,11-17,19,22H,2,4-6,9-10,18H2,1H3,(H,29,30,31,32). The summed E-state index contributed by atoms with van der Waals surface area (Å²) in [6, 6.07) is 16.0. The highest BCUT2D eigenvalue weighted by Gasteiger charge is 2.25. The van der Waals surface area contributed by atoms with E-state index in [0.29, 0.717) is 12.4 Å². The summed E-state index contributed by atoms with van der Waals surface area (Å²) in [5.74, 6) is 0.477. The van der Waals surface area contributed by atoms with Crippen molar-refractivity contribution in [3.63, 3.8) is 0 Å². The van der Waals surface area contributed by atoms with Gasteiger partial charge in [-0.15, -0.1) is 5.10 Å². The van der Waals surface area contributed by atoms with E-state index in [1.165, 1.54) is 11.0 Å². The second-order valence-electron chi connectivity index (χ2n) is 9.27. The fourth-order valence-electron chi connectivity index (χ4n) is 4.92. The van der Waals surface area contributed by atoms with Crippen LogP contribution >= 0.6 is 0 Å². The molecule has 2 heterocycles. The first-order valence-electron chi connectivity index (χ1n) is 12.6. The molecule has 4 aromatic rings. The molecule has 184 valence electrons. The highest BCUT2D eigenvalue weighted by atomic mass is 16.2. The maximum absolute atomic E-state index is 13.4. The van der Waals surface area contributed by atoms with E-state index < -0.39 is 0 Å². The Morgan fingerprint density at radius 3 is 2.50 bits per heavy atom. The summed E-state index contributed by atoms with van der Waals surface area (Å²) < 4.78 is 3.03. The lowest BCUT2D eigenvalue weighted by molar-refractivity contribution is 0.0796. The van der Waals surface area contributed by atoms with Gasteiger partial charge in [-0.2, -0.15) is 0 Å². The Labute approximate surface area is 209 Å². The first kappa shape index (κ1) is 23.7. The lowest BCUT2D eigenvalue weighted by Crippen LogP contribution is -2.33. The normalized spacial score (nSPS) is 14.5. The third-order valence-corrected chi connectivity index (χ3v) is 6.86. The van der Waals surface area contributed by atoms with Gasteiger partial charge in [-0.25, -0.2) is 14.5 Å². The fraction of sp³-hybridized carbons (Fsp3) is 0.321. The molecule has 0 radical (unpaired) electrons. The quantitative estimate of drug-likeness (QED) is 0.391. The number of aromatic amines is 1. The number of imidazole rings is 1. The minimum Gasteiger partial charge on any atom is -0.288 e. The Balaban J connectivity index is 1.43. The third kappa shape index (κ3) is 4.84. The van der Waals surface area contributed by atoms with Crippen molar-refractivity contribution in [3.05, 3.63) is 82.5 Å². The summed E-state index contributed by atoms with van der Waals surface area (Å²) in [6.45, 7) is 2.44. The number of tetrazole rings is 1. The first-order valence-corrected chi connectivity index (χ1v) is 12.6. The number of nitrogens with zero attached hydrogens (tertiary/aromatic N) is 5. The summed E-state index contributed by atoms with van der Waals surface area (Å²) in [5.41, 5.74) is 4.40. The molecule has 36 heavy (non-hydrogen) atoms. The van der Waals surface area contributed by atoms with E-state index in [1.807, 2.05) is 60.7 Å². The summed E-state index contributed by atoms with van der Waals surface area (Å²) in [4.78, 5) is 26.5. The van der Waals surface area contributed by atoms with E-state index in [2.05, 4.69) is 27.5 Å². The first-order chi connectivity index (χ1) is 17.7. The van der Waals surface area contributed by atoms with Crippen LogP contribution in [0.15, 0.2) is 65.6 Å². The van der Waals surface area contributed by atoms with Gasteiger partial charge in [-0.1, -0.05) is 80.8 Å². The topological polar surface area (TPSA) is 98.5 Å². The molecule has 2 aromatic carbocycles. The number of hydrogen-bond donors (Lipinski definition) is 1. The predicted molar refractivity (Wildman–Crippen MR) is 139 cm³/mol. The molecule has 5 rings (SSSR count). The van der Waals surface area contributed by atoms with Crippen LogP contribution in [0.2, 0.25) is 0 Å². The van der Waals surface area contributed by atoms with Gasteiger partial charge in [0.25, 0.3) is 0 Å². The van der Waals surface area contributed by atoms with Crippen molar-refractivity contribution in [2.75, 3.05) is 0 Å². The Morgan fingerprint density at radius 1 is 1.06 bits per heavy atom. The monoisotopic (exact) mass is 482 g/mol. The molecule has 1 aliphatic rings. The minimum atomic E-state index is -0.270. The van der Waals surface area contributed by atoms with E-state index in [4.69, 9.17) is 0 Å². The van der Waals surface area contributed by atoms with Crippen molar-refractivity contribution < 1.29 is 4.79 Å². The number of benzene rings is 2. The number of rotatable bonds is 7. The lowest BCUT2D eigenvalue weighted by Gasteiger charge is -2.19. The highest BCUT2D eigenvalue weighted by Crippen LogP contribution is 2.30. The molecule has 1 saturated carbocycles. The Hall–Kier alpha value is -4.07. The summed E-state index contributed by atoms with van der Waals surface area (Å²) in [6.07, 6.45) is 11.5. The molecule has 0 saturated heterocycles. The maximum Gasteiger partial charge on any atom is 0.335 e. The number of nitrogens with one attached hydrogen (secondary N) is 1. The third-order valence-electron chi connectivity index (χ3n) is 6.86. The van der Waals surface area contributed by atoms with E-state index >= 15 is 0 Å². The number of hydrogen-bond acceptors (Lipinski definition) is 5. The summed E-state index contributed by atoms with van der Waals surface area (Å²) >= 11 is 0. The molecule has 0 atom stereocenters. The lowest BCUT2D eigenvalue weighted by atomic mass is 9.88. The Bertz CT molecular complexity index is 1410. The number of carbonyl (C=O) groups excluding carboxylic acids is 1. The van der Waals surface area contributed by atoms with Crippen LogP contribution in [0.25, 0.3) is 28.6 Å². The van der Waals surface area contributed by atoms with Crippen molar-refractivity contribution >= 4 is 12.0 Å². The van der Waals surface area contributed by atoms with Crippen LogP contribution in [0, 0.1) is 5.92 Å². The fourth-order valence-corrected chi connectivity index (χ4v) is 4.92. The van der Waals surface area contributed by atoms with Crippen LogP contribution < -0.4 is 5.69 Å². The smallest absolute Gasteiger partial charge is 0.288 e. The van der Waals surface area contributed by atoms with E-state index in [-0.39, 0.29) is 17.5 Å². The number of allylic oxidation sites excluding steroid dienone is 1. The van der Waals surface area contributed by atoms with Gasteiger partial charge in [-0.3, -0.25) is 9.36 Å². The van der Waals surface area contributed by atoms with Gasteiger partial charge in [0.15, 0.2) is 5.82 Å². The molecule has 0 bridgehead atoms. The van der Waals surface area contributed by atoms with E-state index in [1.54, 1.807) is 10.8 Å². The zero-order valence-electron chi connectivity index (χ0n) is 20.4. The molecule has 1 aliphatic carbocycles. The maximum atomic E-state index is 13.4. The molecular weight excluding hydrogens is 452 g/mol. The van der Waals surface area contributed by atoms with Crippen LogP contribution in [-0.2, 0) is 6.54 Å². The number of aromatic nitrogens is 6. The van der Waals surface area contributed by atoms with Crippen LogP contribution in [0.5, 0.6) is 0 Å². The molecule has 8 heteroatoms. The van der Waals surface area contributed by atoms with E-state index in [0.717, 1.165) is 60.1 Å². The van der Waals surface area contributed by atoms with Gasteiger partial charge in [-0.05, 0) is 52.5 Å². The molecule has 0 unspecified atom stereocenters. The minimum absolute atomic E-state index is 0.0609. The van der Waals surface area contributed by atoms with Crippen molar-refractivity contribution in [2.45, 2.75) is 52.0 Å². The van der Waals surface area contributed by atoms with Crippen molar-refractivity contribution in [3.8, 4) is 22.5 Å². The molecule has 1 N–H and O–H groups in total. The van der Waals surface area contributed by atoms with Crippen molar-refractivity contribution in [1.29, 1.82) is 0 Å². The molecule has 8 nitrogen and oxygen atoms in total. The van der Waals surface area contributed by atoms with Gasteiger partial charge in [0.05, 0.1) is 12.2 Å². The van der Waals surface area contributed by atoms with E-state index in [9.17, 15) is 9.59 Å². The van der Waals surface area contributed by atoms with Crippen molar-refractivity contribution in [1.82, 2.24) is 29.8 Å². The SMILES string of the molecule is CCC=Cc1cn(C(=O)C2CCCCC2)c(=O)n1Cc1ccc(-c2ccccc2-c2nnn[nH]2)cc1. The zero-order valence-corrected chi connectivity index (χ0v) is 20.4. The number of H-pyrrole nitrogens is 1. The van der Waals surface area contributed by atoms with Gasteiger partial charge < -0.3 is 0 Å².